The van der Waals surface area contributed by atoms with Crippen LogP contribution >= 0.6 is 0 Å². The van der Waals surface area contributed by atoms with Crippen LogP contribution in [0.3, 0.4) is 0 Å². The van der Waals surface area contributed by atoms with Crippen molar-refractivity contribution in [1.82, 2.24) is 24.7 Å². The van der Waals surface area contributed by atoms with Gasteiger partial charge in [0, 0.05) is 56.6 Å². The molecular formula is C24H31N5O3. The molecule has 170 valence electrons. The summed E-state index contributed by atoms with van der Waals surface area (Å²) in [7, 11) is 1.98. The Bertz CT molecular complexity index is 1070. The van der Waals surface area contributed by atoms with Crippen LogP contribution in [0.25, 0.3) is 0 Å². The molecule has 1 saturated heterocycles. The third-order valence-electron chi connectivity index (χ3n) is 6.37. The molecule has 32 heavy (non-hydrogen) atoms. The van der Waals surface area contributed by atoms with Crippen molar-refractivity contribution < 1.29 is 14.1 Å². The van der Waals surface area contributed by atoms with E-state index >= 15 is 0 Å². The average Bonchev–Trinajstić information content (AvgIpc) is 3.24. The first-order valence-corrected chi connectivity index (χ1v) is 11.0. The van der Waals surface area contributed by atoms with E-state index in [1.165, 1.54) is 11.3 Å². The summed E-state index contributed by atoms with van der Waals surface area (Å²) in [6, 6.07) is 7.35. The van der Waals surface area contributed by atoms with E-state index in [4.69, 9.17) is 9.26 Å². The van der Waals surface area contributed by atoms with Gasteiger partial charge in [-0.1, -0.05) is 5.16 Å². The van der Waals surface area contributed by atoms with E-state index in [9.17, 15) is 4.79 Å². The molecule has 0 radical (unpaired) electrons. The average molecular weight is 438 g/mol. The van der Waals surface area contributed by atoms with Gasteiger partial charge in [0.05, 0.1) is 17.0 Å². The summed E-state index contributed by atoms with van der Waals surface area (Å²) in [5.41, 5.74) is 6.06. The molecule has 0 bridgehead atoms. The van der Waals surface area contributed by atoms with Crippen LogP contribution < -0.4 is 4.74 Å². The number of benzene rings is 1. The van der Waals surface area contributed by atoms with Crippen molar-refractivity contribution in [1.29, 1.82) is 0 Å². The van der Waals surface area contributed by atoms with Crippen LogP contribution in [0, 0.1) is 27.7 Å². The monoisotopic (exact) mass is 437 g/mol. The number of piperazine rings is 1. The zero-order chi connectivity index (χ0) is 22.8. The van der Waals surface area contributed by atoms with Crippen LogP contribution in [0.5, 0.6) is 5.75 Å². The van der Waals surface area contributed by atoms with Gasteiger partial charge in [-0.25, -0.2) is 0 Å². The Morgan fingerprint density at radius 2 is 1.69 bits per heavy atom. The number of hydrogen-bond donors (Lipinski definition) is 0. The molecule has 0 N–H and O–H groups in total. The fraction of sp³-hybridized carbons (Fsp3) is 0.458. The number of amides is 1. The maximum atomic E-state index is 13.0. The molecule has 1 aromatic carbocycles. The molecule has 0 aliphatic carbocycles. The van der Waals surface area contributed by atoms with Crippen molar-refractivity contribution >= 4 is 5.91 Å². The van der Waals surface area contributed by atoms with Gasteiger partial charge in [-0.3, -0.25) is 14.4 Å². The molecule has 0 unspecified atom stereocenters. The molecule has 1 aliphatic rings. The van der Waals surface area contributed by atoms with Gasteiger partial charge in [-0.2, -0.15) is 5.10 Å². The molecule has 8 nitrogen and oxygen atoms in total. The minimum Gasteiger partial charge on any atom is -0.489 e. The SMILES string of the molecule is Cc1noc(C)c1COc1ccc(C(=O)N2CCN(Cc3c(C)nn(C)c3C)CC2)cc1. The van der Waals surface area contributed by atoms with E-state index in [0.717, 1.165) is 55.4 Å². The van der Waals surface area contributed by atoms with Crippen LogP contribution in [-0.4, -0.2) is 56.8 Å². The molecule has 3 heterocycles. The molecule has 0 saturated carbocycles. The summed E-state index contributed by atoms with van der Waals surface area (Å²) >= 11 is 0. The first kappa shape index (κ1) is 22.1. The van der Waals surface area contributed by atoms with Gasteiger partial charge in [-0.15, -0.1) is 0 Å². The Morgan fingerprint density at radius 1 is 1.00 bits per heavy atom. The Labute approximate surface area is 188 Å². The predicted molar refractivity (Wildman–Crippen MR) is 121 cm³/mol. The molecule has 1 aliphatic heterocycles. The van der Waals surface area contributed by atoms with E-state index in [1.54, 1.807) is 0 Å². The summed E-state index contributed by atoms with van der Waals surface area (Å²) in [4.78, 5) is 17.3. The Morgan fingerprint density at radius 3 is 2.25 bits per heavy atom. The molecule has 4 rings (SSSR count). The number of carbonyl (C=O) groups is 1. The van der Waals surface area contributed by atoms with Gasteiger partial charge in [-0.05, 0) is 52.0 Å². The van der Waals surface area contributed by atoms with Crippen LogP contribution in [0.1, 0.15) is 44.3 Å². The molecule has 0 atom stereocenters. The number of ether oxygens (including phenoxy) is 1. The highest BCUT2D eigenvalue weighted by molar-refractivity contribution is 5.94. The second-order valence-electron chi connectivity index (χ2n) is 8.46. The van der Waals surface area contributed by atoms with Crippen molar-refractivity contribution in [2.45, 2.75) is 40.8 Å². The molecule has 8 heteroatoms. The fourth-order valence-corrected chi connectivity index (χ4v) is 4.12. The lowest BCUT2D eigenvalue weighted by molar-refractivity contribution is 0.0628. The zero-order valence-corrected chi connectivity index (χ0v) is 19.5. The van der Waals surface area contributed by atoms with E-state index in [-0.39, 0.29) is 5.91 Å². The van der Waals surface area contributed by atoms with Crippen molar-refractivity contribution in [2.75, 3.05) is 26.2 Å². The van der Waals surface area contributed by atoms with Crippen molar-refractivity contribution in [3.05, 3.63) is 63.8 Å². The lowest BCUT2D eigenvalue weighted by Crippen LogP contribution is -2.48. The third-order valence-corrected chi connectivity index (χ3v) is 6.37. The third kappa shape index (κ3) is 4.55. The maximum Gasteiger partial charge on any atom is 0.253 e. The standard InChI is InChI=1S/C24H31N5O3/c1-16-22(18(3)27(5)25-16)14-28-10-12-29(13-11-28)24(30)20-6-8-21(9-7-20)31-15-23-17(2)26-32-19(23)4/h6-9H,10-15H2,1-5H3. The summed E-state index contributed by atoms with van der Waals surface area (Å²) in [5, 5.41) is 8.45. The van der Waals surface area contributed by atoms with Gasteiger partial charge in [0.25, 0.3) is 5.91 Å². The molecule has 0 spiro atoms. The van der Waals surface area contributed by atoms with Crippen molar-refractivity contribution in [2.24, 2.45) is 7.05 Å². The smallest absolute Gasteiger partial charge is 0.253 e. The highest BCUT2D eigenvalue weighted by atomic mass is 16.5. The van der Waals surface area contributed by atoms with Crippen LogP contribution in [-0.2, 0) is 20.2 Å². The van der Waals surface area contributed by atoms with E-state index < -0.39 is 0 Å². The van der Waals surface area contributed by atoms with Crippen molar-refractivity contribution in [3.63, 3.8) is 0 Å². The largest absolute Gasteiger partial charge is 0.489 e. The second kappa shape index (κ2) is 9.16. The Kier molecular flexibility index (Phi) is 6.32. The minimum atomic E-state index is 0.0654. The van der Waals surface area contributed by atoms with Crippen LogP contribution in [0.2, 0.25) is 0 Å². The number of nitrogens with zero attached hydrogens (tertiary/aromatic N) is 5. The van der Waals surface area contributed by atoms with Crippen LogP contribution in [0.15, 0.2) is 28.8 Å². The normalized spacial score (nSPS) is 14.7. The molecule has 1 amide bonds. The quantitative estimate of drug-likeness (QED) is 0.590. The summed E-state index contributed by atoms with van der Waals surface area (Å²) in [6.45, 7) is 12.4. The molecule has 3 aromatic rings. The van der Waals surface area contributed by atoms with E-state index in [2.05, 4.69) is 29.0 Å². The number of aromatic nitrogens is 3. The van der Waals surface area contributed by atoms with Gasteiger partial charge in [0.15, 0.2) is 0 Å². The van der Waals surface area contributed by atoms with Gasteiger partial charge >= 0.3 is 0 Å². The van der Waals surface area contributed by atoms with E-state index in [1.807, 2.05) is 54.7 Å². The number of aryl methyl sites for hydroxylation is 4. The maximum absolute atomic E-state index is 13.0. The lowest BCUT2D eigenvalue weighted by atomic mass is 10.1. The highest BCUT2D eigenvalue weighted by Gasteiger charge is 2.23. The molecular weight excluding hydrogens is 406 g/mol. The van der Waals surface area contributed by atoms with Gasteiger partial charge in [0.2, 0.25) is 0 Å². The van der Waals surface area contributed by atoms with Gasteiger partial charge in [0.1, 0.15) is 18.1 Å². The van der Waals surface area contributed by atoms with E-state index in [0.29, 0.717) is 17.9 Å². The summed E-state index contributed by atoms with van der Waals surface area (Å²) < 4.78 is 12.9. The minimum absolute atomic E-state index is 0.0654. The Hall–Kier alpha value is -3.13. The summed E-state index contributed by atoms with van der Waals surface area (Å²) in [5.74, 6) is 1.55. The number of hydrogen-bond acceptors (Lipinski definition) is 6. The highest BCUT2D eigenvalue weighted by Crippen LogP contribution is 2.20. The Balaban J connectivity index is 1.30. The van der Waals surface area contributed by atoms with Crippen LogP contribution in [0.4, 0.5) is 0 Å². The second-order valence-corrected chi connectivity index (χ2v) is 8.46. The van der Waals surface area contributed by atoms with Gasteiger partial charge < -0.3 is 14.2 Å². The fourth-order valence-electron chi connectivity index (χ4n) is 4.12. The summed E-state index contributed by atoms with van der Waals surface area (Å²) in [6.07, 6.45) is 0. The number of rotatable bonds is 6. The molecule has 2 aromatic heterocycles. The topological polar surface area (TPSA) is 76.6 Å². The first-order valence-electron chi connectivity index (χ1n) is 11.0. The lowest BCUT2D eigenvalue weighted by Gasteiger charge is -2.34. The predicted octanol–water partition coefficient (Wildman–Crippen LogP) is 3.18. The molecule has 1 fully saturated rings. The first-order chi connectivity index (χ1) is 15.3. The zero-order valence-electron chi connectivity index (χ0n) is 19.5. The number of carbonyl (C=O) groups excluding carboxylic acids is 1. The van der Waals surface area contributed by atoms with Crippen molar-refractivity contribution in [3.8, 4) is 5.75 Å².